The number of nitrogens with zero attached hydrogens (tertiary/aromatic N) is 4. The van der Waals surface area contributed by atoms with Crippen LogP contribution < -0.4 is 0 Å². The molecule has 0 aliphatic carbocycles. The summed E-state index contributed by atoms with van der Waals surface area (Å²) in [7, 11) is 0. The third-order valence-corrected chi connectivity index (χ3v) is 5.27. The maximum Gasteiger partial charge on any atom is 0.196 e. The number of aryl methyl sites for hydroxylation is 1. The summed E-state index contributed by atoms with van der Waals surface area (Å²) in [6.07, 6.45) is 5.20. The molecule has 3 heterocycles. The van der Waals surface area contributed by atoms with E-state index in [0.29, 0.717) is 17.3 Å². The third-order valence-electron chi connectivity index (χ3n) is 5.27. The van der Waals surface area contributed by atoms with Gasteiger partial charge in [-0.3, -0.25) is 14.5 Å². The van der Waals surface area contributed by atoms with Gasteiger partial charge in [-0.1, -0.05) is 0 Å². The van der Waals surface area contributed by atoms with Crippen molar-refractivity contribution in [2.24, 2.45) is 0 Å². The molecule has 0 unspecified atom stereocenters. The van der Waals surface area contributed by atoms with Crippen molar-refractivity contribution in [3.63, 3.8) is 0 Å². The first-order valence-corrected chi connectivity index (χ1v) is 8.72. The smallest absolute Gasteiger partial charge is 0.196 e. The maximum atomic E-state index is 13.0. The standard InChI is InChI=1S/C18H25N5O2/c1-11-16(14(4)24)12(2)21-17(11)18(25)13(3)22-7-5-15(6-8-22)23-10-19-9-20-23/h9-10,13,15,21H,5-8H2,1-4H3/t13-/m0/s1. The Morgan fingerprint density at radius 3 is 2.48 bits per heavy atom. The first kappa shape index (κ1) is 17.5. The monoisotopic (exact) mass is 343 g/mol. The summed E-state index contributed by atoms with van der Waals surface area (Å²) in [5.41, 5.74) is 2.74. The molecule has 2 aromatic rings. The molecule has 0 spiro atoms. The zero-order chi connectivity index (χ0) is 18.1. The summed E-state index contributed by atoms with van der Waals surface area (Å²) in [5, 5.41) is 4.22. The summed E-state index contributed by atoms with van der Waals surface area (Å²) in [5.74, 6) is 0.0407. The van der Waals surface area contributed by atoms with Crippen LogP contribution in [0, 0.1) is 13.8 Å². The van der Waals surface area contributed by atoms with Gasteiger partial charge < -0.3 is 4.98 Å². The van der Waals surface area contributed by atoms with Gasteiger partial charge in [-0.05, 0) is 46.1 Å². The first-order valence-electron chi connectivity index (χ1n) is 8.72. The molecule has 7 heteroatoms. The number of piperidine rings is 1. The Morgan fingerprint density at radius 2 is 1.96 bits per heavy atom. The molecule has 1 aliphatic rings. The topological polar surface area (TPSA) is 83.9 Å². The zero-order valence-corrected chi connectivity index (χ0v) is 15.2. The average molecular weight is 343 g/mol. The second-order valence-electron chi connectivity index (χ2n) is 6.86. The second kappa shape index (κ2) is 6.92. The van der Waals surface area contributed by atoms with Gasteiger partial charge in [0.2, 0.25) is 0 Å². The molecule has 1 fully saturated rings. The van der Waals surface area contributed by atoms with E-state index in [1.165, 1.54) is 6.92 Å². The predicted octanol–water partition coefficient (Wildman–Crippen LogP) is 2.33. The van der Waals surface area contributed by atoms with E-state index in [-0.39, 0.29) is 17.6 Å². The minimum absolute atomic E-state index is 0.00778. The third kappa shape index (κ3) is 3.28. The van der Waals surface area contributed by atoms with Crippen LogP contribution in [-0.2, 0) is 0 Å². The van der Waals surface area contributed by atoms with Crippen LogP contribution in [0.3, 0.4) is 0 Å². The molecule has 1 atom stereocenters. The number of H-pyrrole nitrogens is 1. The molecule has 25 heavy (non-hydrogen) atoms. The van der Waals surface area contributed by atoms with Crippen molar-refractivity contribution in [1.29, 1.82) is 0 Å². The molecule has 134 valence electrons. The van der Waals surface area contributed by atoms with Gasteiger partial charge in [0.15, 0.2) is 11.6 Å². The number of aromatic nitrogens is 4. The fraction of sp³-hybridized carbons (Fsp3) is 0.556. The number of likely N-dealkylation sites (tertiary alicyclic amines) is 1. The molecule has 0 bridgehead atoms. The van der Waals surface area contributed by atoms with Crippen LogP contribution in [0.15, 0.2) is 12.7 Å². The summed E-state index contributed by atoms with van der Waals surface area (Å²) < 4.78 is 1.90. The maximum absolute atomic E-state index is 13.0. The lowest BCUT2D eigenvalue weighted by Gasteiger charge is -2.35. The first-order chi connectivity index (χ1) is 11.9. The minimum Gasteiger partial charge on any atom is -0.355 e. The van der Waals surface area contributed by atoms with E-state index < -0.39 is 0 Å². The van der Waals surface area contributed by atoms with Crippen LogP contribution in [0.5, 0.6) is 0 Å². The quantitative estimate of drug-likeness (QED) is 0.843. The van der Waals surface area contributed by atoms with Gasteiger partial charge in [-0.25, -0.2) is 9.67 Å². The van der Waals surface area contributed by atoms with E-state index in [1.54, 1.807) is 12.7 Å². The van der Waals surface area contributed by atoms with E-state index in [2.05, 4.69) is 20.0 Å². The fourth-order valence-electron chi connectivity index (χ4n) is 3.84. The number of hydrogen-bond donors (Lipinski definition) is 1. The number of Topliss-reactive ketones (excluding diaryl/α,β-unsaturated/α-hetero) is 2. The molecule has 0 aromatic carbocycles. The number of ketones is 2. The molecular weight excluding hydrogens is 318 g/mol. The highest BCUT2D eigenvalue weighted by molar-refractivity contribution is 6.05. The molecule has 0 amide bonds. The van der Waals surface area contributed by atoms with Crippen LogP contribution >= 0.6 is 0 Å². The highest BCUT2D eigenvalue weighted by atomic mass is 16.1. The van der Waals surface area contributed by atoms with Crippen molar-refractivity contribution in [1.82, 2.24) is 24.6 Å². The molecule has 3 rings (SSSR count). The van der Waals surface area contributed by atoms with Crippen LogP contribution in [0.2, 0.25) is 0 Å². The number of carbonyl (C=O) groups is 2. The van der Waals surface area contributed by atoms with Crippen molar-refractivity contribution in [3.8, 4) is 0 Å². The SMILES string of the molecule is CC(=O)c1c(C)[nH]c(C(=O)[C@H](C)N2CCC(n3cncn3)CC2)c1C. The average Bonchev–Trinajstić information content (AvgIpc) is 3.22. The zero-order valence-electron chi connectivity index (χ0n) is 15.2. The number of aromatic amines is 1. The normalized spacial score (nSPS) is 17.6. The summed E-state index contributed by atoms with van der Waals surface area (Å²) in [6, 6.07) is 0.132. The van der Waals surface area contributed by atoms with Crippen molar-refractivity contribution in [2.45, 2.75) is 52.6 Å². The summed E-state index contributed by atoms with van der Waals surface area (Å²) >= 11 is 0. The molecule has 0 radical (unpaired) electrons. The summed E-state index contributed by atoms with van der Waals surface area (Å²) in [6.45, 7) is 8.86. The largest absolute Gasteiger partial charge is 0.355 e. The van der Waals surface area contributed by atoms with E-state index in [0.717, 1.165) is 37.2 Å². The van der Waals surface area contributed by atoms with Crippen molar-refractivity contribution >= 4 is 11.6 Å². The molecule has 1 N–H and O–H groups in total. The van der Waals surface area contributed by atoms with E-state index >= 15 is 0 Å². The van der Waals surface area contributed by atoms with E-state index in [4.69, 9.17) is 0 Å². The van der Waals surface area contributed by atoms with E-state index in [1.807, 2.05) is 25.5 Å². The molecule has 2 aromatic heterocycles. The molecule has 7 nitrogen and oxygen atoms in total. The van der Waals surface area contributed by atoms with Gasteiger partial charge in [0.1, 0.15) is 12.7 Å². The molecule has 0 saturated carbocycles. The Balaban J connectivity index is 1.70. The Labute approximate surface area is 147 Å². The molecular formula is C18H25N5O2. The number of rotatable bonds is 5. The lowest BCUT2D eigenvalue weighted by atomic mass is 9.99. The molecule has 1 saturated heterocycles. The van der Waals surface area contributed by atoms with E-state index in [9.17, 15) is 9.59 Å². The minimum atomic E-state index is -0.215. The van der Waals surface area contributed by atoms with Gasteiger partial charge in [0, 0.05) is 24.3 Å². The Morgan fingerprint density at radius 1 is 1.28 bits per heavy atom. The number of carbonyl (C=O) groups excluding carboxylic acids is 2. The Kier molecular flexibility index (Phi) is 4.85. The van der Waals surface area contributed by atoms with Crippen LogP contribution in [0.25, 0.3) is 0 Å². The second-order valence-corrected chi connectivity index (χ2v) is 6.86. The van der Waals surface area contributed by atoms with Gasteiger partial charge in [0.25, 0.3) is 0 Å². The Bertz CT molecular complexity index is 770. The lowest BCUT2D eigenvalue weighted by Crippen LogP contribution is -2.44. The predicted molar refractivity (Wildman–Crippen MR) is 93.9 cm³/mol. The fourth-order valence-corrected chi connectivity index (χ4v) is 3.84. The summed E-state index contributed by atoms with van der Waals surface area (Å²) in [4.78, 5) is 34.1. The van der Waals surface area contributed by atoms with Crippen LogP contribution in [-0.4, -0.2) is 55.3 Å². The van der Waals surface area contributed by atoms with Gasteiger partial charge in [-0.2, -0.15) is 5.10 Å². The van der Waals surface area contributed by atoms with Gasteiger partial charge in [0.05, 0.1) is 17.8 Å². The van der Waals surface area contributed by atoms with Crippen molar-refractivity contribution < 1.29 is 9.59 Å². The van der Waals surface area contributed by atoms with Crippen LogP contribution in [0.1, 0.15) is 64.8 Å². The number of nitrogens with one attached hydrogen (secondary N) is 1. The van der Waals surface area contributed by atoms with Crippen molar-refractivity contribution in [3.05, 3.63) is 35.2 Å². The Hall–Kier alpha value is -2.28. The van der Waals surface area contributed by atoms with Crippen LogP contribution in [0.4, 0.5) is 0 Å². The van der Waals surface area contributed by atoms with Crippen molar-refractivity contribution in [2.75, 3.05) is 13.1 Å². The highest BCUT2D eigenvalue weighted by Gasteiger charge is 2.30. The lowest BCUT2D eigenvalue weighted by molar-refractivity contribution is 0.0765. The van der Waals surface area contributed by atoms with Gasteiger partial charge in [-0.15, -0.1) is 0 Å². The molecule has 1 aliphatic heterocycles. The van der Waals surface area contributed by atoms with Gasteiger partial charge >= 0.3 is 0 Å². The highest BCUT2D eigenvalue weighted by Crippen LogP contribution is 2.25. The number of hydrogen-bond acceptors (Lipinski definition) is 5.